The third kappa shape index (κ3) is 1.15. The third-order valence-electron chi connectivity index (χ3n) is 4.26. The van der Waals surface area contributed by atoms with E-state index in [0.29, 0.717) is 10.8 Å². The average Bonchev–Trinajstić information content (AvgIpc) is 2.08. The molecule has 2 bridgehead atoms. The van der Waals surface area contributed by atoms with Crippen molar-refractivity contribution >= 4 is 23.2 Å². The van der Waals surface area contributed by atoms with Crippen molar-refractivity contribution in [2.24, 2.45) is 5.41 Å². The molecule has 0 aliphatic heterocycles. The fraction of sp³-hybridized carbons (Fsp3) is 0.538. The second kappa shape index (κ2) is 2.93. The smallest absolute Gasteiger partial charge is 0.0438 e. The average molecular weight is 241 g/mol. The molecule has 3 fully saturated rings. The van der Waals surface area contributed by atoms with Gasteiger partial charge < -0.3 is 0 Å². The van der Waals surface area contributed by atoms with Crippen LogP contribution in [0, 0.1) is 12.3 Å². The summed E-state index contributed by atoms with van der Waals surface area (Å²) < 4.78 is 0. The maximum Gasteiger partial charge on any atom is 0.0438 e. The van der Waals surface area contributed by atoms with Crippen LogP contribution in [0.3, 0.4) is 0 Å². The molecule has 80 valence electrons. The highest BCUT2D eigenvalue weighted by Crippen LogP contribution is 2.74. The topological polar surface area (TPSA) is 0 Å². The van der Waals surface area contributed by atoms with Crippen molar-refractivity contribution in [2.45, 2.75) is 31.6 Å². The Morgan fingerprint density at radius 2 is 1.93 bits per heavy atom. The number of alkyl halides is 1. The summed E-state index contributed by atoms with van der Waals surface area (Å²) in [7, 11) is 0. The van der Waals surface area contributed by atoms with E-state index in [0.717, 1.165) is 10.9 Å². The molecule has 15 heavy (non-hydrogen) atoms. The van der Waals surface area contributed by atoms with Crippen LogP contribution in [0.2, 0.25) is 5.02 Å². The highest BCUT2D eigenvalue weighted by molar-refractivity contribution is 6.31. The molecule has 0 spiro atoms. The standard InChI is InChI=1S/C13H14Cl2/c1-9-10(3-2-4-11(9)15)13-5-12(6-13,7-13)8-14/h2-4H,5-8H2,1H3. The van der Waals surface area contributed by atoms with Crippen molar-refractivity contribution in [1.29, 1.82) is 0 Å². The molecule has 3 aliphatic rings. The van der Waals surface area contributed by atoms with Crippen LogP contribution in [-0.2, 0) is 5.41 Å². The Morgan fingerprint density at radius 1 is 1.27 bits per heavy atom. The zero-order valence-corrected chi connectivity index (χ0v) is 10.3. The van der Waals surface area contributed by atoms with Crippen LogP contribution >= 0.6 is 23.2 Å². The van der Waals surface area contributed by atoms with Crippen LogP contribution in [0.25, 0.3) is 0 Å². The molecule has 0 heterocycles. The largest absolute Gasteiger partial charge is 0.126 e. The SMILES string of the molecule is Cc1c(Cl)cccc1C12CC(CCl)(C1)C2. The fourth-order valence-electron chi connectivity index (χ4n) is 3.61. The number of hydrogen-bond donors (Lipinski definition) is 0. The molecule has 0 saturated heterocycles. The lowest BCUT2D eigenvalue weighted by Gasteiger charge is -2.71. The summed E-state index contributed by atoms with van der Waals surface area (Å²) in [5.41, 5.74) is 3.64. The van der Waals surface area contributed by atoms with Crippen LogP contribution in [0.1, 0.15) is 30.4 Å². The van der Waals surface area contributed by atoms with E-state index in [1.54, 1.807) is 0 Å². The summed E-state index contributed by atoms with van der Waals surface area (Å²) in [5.74, 6) is 0.828. The molecule has 0 radical (unpaired) electrons. The molecule has 3 saturated carbocycles. The van der Waals surface area contributed by atoms with Crippen molar-refractivity contribution in [3.63, 3.8) is 0 Å². The normalized spacial score (nSPS) is 37.0. The highest BCUT2D eigenvalue weighted by Gasteiger charge is 2.67. The van der Waals surface area contributed by atoms with Crippen LogP contribution in [0.4, 0.5) is 0 Å². The first-order chi connectivity index (χ1) is 7.11. The summed E-state index contributed by atoms with van der Waals surface area (Å²) in [6.07, 6.45) is 3.81. The molecule has 2 heteroatoms. The van der Waals surface area contributed by atoms with E-state index in [1.165, 1.54) is 30.4 Å². The molecule has 0 N–H and O–H groups in total. The van der Waals surface area contributed by atoms with Crippen molar-refractivity contribution in [3.8, 4) is 0 Å². The van der Waals surface area contributed by atoms with Gasteiger partial charge in [-0.05, 0) is 54.2 Å². The van der Waals surface area contributed by atoms with Crippen molar-refractivity contribution in [2.75, 3.05) is 5.88 Å². The van der Waals surface area contributed by atoms with E-state index < -0.39 is 0 Å². The fourth-order valence-corrected chi connectivity index (χ4v) is 4.07. The first kappa shape index (κ1) is 9.99. The van der Waals surface area contributed by atoms with E-state index >= 15 is 0 Å². The summed E-state index contributed by atoms with van der Waals surface area (Å²) in [4.78, 5) is 0. The van der Waals surface area contributed by atoms with E-state index in [-0.39, 0.29) is 0 Å². The van der Waals surface area contributed by atoms with Gasteiger partial charge >= 0.3 is 0 Å². The Balaban J connectivity index is 1.94. The molecule has 1 aromatic rings. The third-order valence-corrected chi connectivity index (χ3v) is 5.24. The first-order valence-corrected chi connectivity index (χ1v) is 6.34. The van der Waals surface area contributed by atoms with E-state index in [9.17, 15) is 0 Å². The Labute approximate surface area is 101 Å². The minimum Gasteiger partial charge on any atom is -0.126 e. The van der Waals surface area contributed by atoms with Crippen LogP contribution in [-0.4, -0.2) is 5.88 Å². The monoisotopic (exact) mass is 240 g/mol. The maximum atomic E-state index is 6.16. The second-order valence-corrected chi connectivity index (χ2v) is 6.03. The number of benzene rings is 1. The second-order valence-electron chi connectivity index (χ2n) is 5.36. The molecule has 0 atom stereocenters. The van der Waals surface area contributed by atoms with Gasteiger partial charge in [0.15, 0.2) is 0 Å². The van der Waals surface area contributed by atoms with Crippen LogP contribution in [0.15, 0.2) is 18.2 Å². The predicted molar refractivity (Wildman–Crippen MR) is 64.9 cm³/mol. The van der Waals surface area contributed by atoms with E-state index in [1.807, 2.05) is 6.07 Å². The zero-order valence-electron chi connectivity index (χ0n) is 8.82. The highest BCUT2D eigenvalue weighted by atomic mass is 35.5. The molecule has 0 amide bonds. The summed E-state index contributed by atoms with van der Waals surface area (Å²) in [5, 5.41) is 0.900. The lowest BCUT2D eigenvalue weighted by molar-refractivity contribution is -0.122. The van der Waals surface area contributed by atoms with Crippen LogP contribution in [0.5, 0.6) is 0 Å². The molecule has 0 nitrogen and oxygen atoms in total. The summed E-state index contributed by atoms with van der Waals surface area (Å²) in [6.45, 7) is 2.13. The van der Waals surface area contributed by atoms with Gasteiger partial charge in [-0.3, -0.25) is 0 Å². The Morgan fingerprint density at radius 3 is 2.53 bits per heavy atom. The number of halogens is 2. The van der Waals surface area contributed by atoms with Gasteiger partial charge in [-0.15, -0.1) is 11.6 Å². The van der Waals surface area contributed by atoms with Crippen molar-refractivity contribution in [1.82, 2.24) is 0 Å². The minimum atomic E-state index is 0.434. The predicted octanol–water partition coefficient (Wildman–Crippen LogP) is 4.31. The van der Waals surface area contributed by atoms with Gasteiger partial charge in [0, 0.05) is 10.9 Å². The van der Waals surface area contributed by atoms with Gasteiger partial charge in [-0.25, -0.2) is 0 Å². The van der Waals surface area contributed by atoms with Gasteiger partial charge in [0.25, 0.3) is 0 Å². The van der Waals surface area contributed by atoms with Gasteiger partial charge in [-0.2, -0.15) is 0 Å². The minimum absolute atomic E-state index is 0.434. The Kier molecular flexibility index (Phi) is 1.95. The van der Waals surface area contributed by atoms with Gasteiger partial charge in [0.2, 0.25) is 0 Å². The first-order valence-electron chi connectivity index (χ1n) is 5.43. The lowest BCUT2D eigenvalue weighted by atomic mass is 9.34. The van der Waals surface area contributed by atoms with Gasteiger partial charge in [-0.1, -0.05) is 23.7 Å². The summed E-state index contributed by atoms with van der Waals surface area (Å²) >= 11 is 12.1. The molecule has 1 aromatic carbocycles. The van der Waals surface area contributed by atoms with E-state index in [4.69, 9.17) is 23.2 Å². The molecular formula is C13H14Cl2. The zero-order chi connectivity index (χ0) is 10.7. The molecular weight excluding hydrogens is 227 g/mol. The van der Waals surface area contributed by atoms with Crippen LogP contribution < -0.4 is 0 Å². The summed E-state index contributed by atoms with van der Waals surface area (Å²) in [6, 6.07) is 6.28. The number of rotatable bonds is 2. The molecule has 3 aliphatic carbocycles. The Hall–Kier alpha value is -0.200. The van der Waals surface area contributed by atoms with Crippen molar-refractivity contribution < 1.29 is 0 Å². The quantitative estimate of drug-likeness (QED) is 0.677. The van der Waals surface area contributed by atoms with Gasteiger partial charge in [0.05, 0.1) is 0 Å². The van der Waals surface area contributed by atoms with E-state index in [2.05, 4.69) is 19.1 Å². The lowest BCUT2D eigenvalue weighted by Crippen LogP contribution is -2.65. The molecule has 0 aromatic heterocycles. The maximum absolute atomic E-state index is 6.16. The number of hydrogen-bond acceptors (Lipinski definition) is 0. The van der Waals surface area contributed by atoms with Gasteiger partial charge in [0.1, 0.15) is 0 Å². The molecule has 0 unspecified atom stereocenters. The Bertz CT molecular complexity index is 403. The van der Waals surface area contributed by atoms with Crippen molar-refractivity contribution in [3.05, 3.63) is 34.3 Å². The molecule has 4 rings (SSSR count).